The van der Waals surface area contributed by atoms with Gasteiger partial charge in [0, 0.05) is 19.7 Å². The Morgan fingerprint density at radius 1 is 1.00 bits per heavy atom. The summed E-state index contributed by atoms with van der Waals surface area (Å²) in [7, 11) is -1.04. The number of ether oxygens (including phenoxy) is 1. The van der Waals surface area contributed by atoms with E-state index < -0.39 is 40.0 Å². The fraction of sp³-hybridized carbons (Fsp3) is 0.176. The van der Waals surface area contributed by atoms with Crippen LogP contribution in [0, 0.1) is 11.6 Å². The van der Waals surface area contributed by atoms with Crippen LogP contribution in [0.15, 0.2) is 47.4 Å². The van der Waals surface area contributed by atoms with E-state index >= 15 is 0 Å². The van der Waals surface area contributed by atoms with Crippen molar-refractivity contribution in [2.75, 3.05) is 20.7 Å². The van der Waals surface area contributed by atoms with Crippen LogP contribution in [-0.2, 0) is 14.8 Å². The molecule has 26 heavy (non-hydrogen) atoms. The van der Waals surface area contributed by atoms with Crippen LogP contribution in [0.5, 0.6) is 0 Å². The SMILES string of the molecule is CN(C)S(=O)(=O)c1cccc(C(=O)OCC(=O)c2ccc(F)c(F)c2)c1. The van der Waals surface area contributed by atoms with E-state index in [9.17, 15) is 26.8 Å². The van der Waals surface area contributed by atoms with Gasteiger partial charge in [-0.15, -0.1) is 0 Å². The predicted octanol–water partition coefficient (Wildman–Crippen LogP) is 2.25. The number of rotatable bonds is 6. The van der Waals surface area contributed by atoms with E-state index in [1.165, 1.54) is 32.3 Å². The van der Waals surface area contributed by atoms with E-state index in [-0.39, 0.29) is 16.0 Å². The standard InChI is InChI=1S/C17H15F2NO5S/c1-20(2)26(23,24)13-5-3-4-12(8-13)17(22)25-10-16(21)11-6-7-14(18)15(19)9-11/h3-9H,10H2,1-2H3. The second-order valence-electron chi connectivity index (χ2n) is 5.44. The minimum absolute atomic E-state index is 0.0639. The summed E-state index contributed by atoms with van der Waals surface area (Å²) in [4.78, 5) is 23.8. The summed E-state index contributed by atoms with van der Waals surface area (Å²) in [6, 6.07) is 7.70. The second-order valence-corrected chi connectivity index (χ2v) is 7.60. The number of sulfonamides is 1. The van der Waals surface area contributed by atoms with Gasteiger partial charge in [-0.3, -0.25) is 4.79 Å². The molecule has 0 aromatic heterocycles. The van der Waals surface area contributed by atoms with Crippen LogP contribution in [0.3, 0.4) is 0 Å². The van der Waals surface area contributed by atoms with Crippen molar-refractivity contribution in [3.63, 3.8) is 0 Å². The number of hydrogen-bond donors (Lipinski definition) is 0. The van der Waals surface area contributed by atoms with E-state index in [4.69, 9.17) is 4.74 Å². The van der Waals surface area contributed by atoms with Crippen molar-refractivity contribution >= 4 is 21.8 Å². The number of hydrogen-bond acceptors (Lipinski definition) is 5. The summed E-state index contributed by atoms with van der Waals surface area (Å²) in [6.45, 7) is -0.700. The molecule has 0 bridgehead atoms. The number of halogens is 2. The van der Waals surface area contributed by atoms with E-state index in [0.717, 1.165) is 22.5 Å². The normalized spacial score (nSPS) is 11.4. The molecule has 0 unspecified atom stereocenters. The quantitative estimate of drug-likeness (QED) is 0.565. The average molecular weight is 383 g/mol. The zero-order chi connectivity index (χ0) is 19.5. The van der Waals surface area contributed by atoms with Gasteiger partial charge in [0.25, 0.3) is 0 Å². The molecule has 0 amide bonds. The van der Waals surface area contributed by atoms with Crippen LogP contribution in [-0.4, -0.2) is 45.2 Å². The second kappa shape index (κ2) is 7.71. The average Bonchev–Trinajstić information content (AvgIpc) is 2.61. The molecule has 0 aliphatic heterocycles. The molecule has 9 heteroatoms. The first kappa shape index (κ1) is 19.7. The summed E-state index contributed by atoms with van der Waals surface area (Å²) in [5.41, 5.74) is -0.216. The fourth-order valence-electron chi connectivity index (χ4n) is 1.96. The molecule has 0 aliphatic carbocycles. The van der Waals surface area contributed by atoms with E-state index in [2.05, 4.69) is 0 Å². The Hall–Kier alpha value is -2.65. The lowest BCUT2D eigenvalue weighted by Crippen LogP contribution is -2.22. The molecule has 0 radical (unpaired) electrons. The van der Waals surface area contributed by atoms with Crippen LogP contribution in [0.25, 0.3) is 0 Å². The third-order valence-electron chi connectivity index (χ3n) is 3.42. The summed E-state index contributed by atoms with van der Waals surface area (Å²) >= 11 is 0. The molecular weight excluding hydrogens is 368 g/mol. The molecule has 0 fully saturated rings. The summed E-state index contributed by atoms with van der Waals surface area (Å²) in [6.07, 6.45) is 0. The highest BCUT2D eigenvalue weighted by Gasteiger charge is 2.20. The van der Waals surface area contributed by atoms with Gasteiger partial charge in [0.05, 0.1) is 10.5 Å². The van der Waals surface area contributed by atoms with Gasteiger partial charge in [0.2, 0.25) is 10.0 Å². The Bertz CT molecular complexity index is 957. The lowest BCUT2D eigenvalue weighted by Gasteiger charge is -2.12. The highest BCUT2D eigenvalue weighted by Crippen LogP contribution is 2.16. The molecule has 0 spiro atoms. The maximum atomic E-state index is 13.1. The lowest BCUT2D eigenvalue weighted by atomic mass is 10.1. The molecule has 2 aromatic rings. The van der Waals surface area contributed by atoms with Gasteiger partial charge in [-0.05, 0) is 36.4 Å². The molecule has 0 heterocycles. The van der Waals surface area contributed by atoms with Crippen LogP contribution in [0.4, 0.5) is 8.78 Å². The number of carbonyl (C=O) groups excluding carboxylic acids is 2. The van der Waals surface area contributed by atoms with Gasteiger partial charge in [0.1, 0.15) is 0 Å². The predicted molar refractivity (Wildman–Crippen MR) is 88.3 cm³/mol. The Labute approximate surface area is 149 Å². The summed E-state index contributed by atoms with van der Waals surface area (Å²) < 4.78 is 56.0. The maximum Gasteiger partial charge on any atom is 0.338 e. The van der Waals surface area contributed by atoms with Crippen molar-refractivity contribution in [2.45, 2.75) is 4.90 Å². The zero-order valence-corrected chi connectivity index (χ0v) is 14.7. The fourth-order valence-corrected chi connectivity index (χ4v) is 2.91. The van der Waals surface area contributed by atoms with Crippen LogP contribution >= 0.6 is 0 Å². The maximum absolute atomic E-state index is 13.1. The lowest BCUT2D eigenvalue weighted by molar-refractivity contribution is 0.0474. The zero-order valence-electron chi connectivity index (χ0n) is 13.9. The third-order valence-corrected chi connectivity index (χ3v) is 5.24. The van der Waals surface area contributed by atoms with Crippen molar-refractivity contribution in [3.05, 3.63) is 65.2 Å². The molecule has 0 atom stereocenters. The Morgan fingerprint density at radius 3 is 2.31 bits per heavy atom. The number of esters is 1. The molecule has 0 aliphatic rings. The molecule has 0 saturated carbocycles. The first-order chi connectivity index (χ1) is 12.1. The first-order valence-corrected chi connectivity index (χ1v) is 8.75. The Morgan fingerprint density at radius 2 is 1.69 bits per heavy atom. The topological polar surface area (TPSA) is 80.8 Å². The third kappa shape index (κ3) is 4.30. The van der Waals surface area contributed by atoms with Gasteiger partial charge in [-0.1, -0.05) is 6.07 Å². The van der Waals surface area contributed by atoms with E-state index in [0.29, 0.717) is 6.07 Å². The van der Waals surface area contributed by atoms with Gasteiger partial charge in [0.15, 0.2) is 24.0 Å². The van der Waals surface area contributed by atoms with Crippen molar-refractivity contribution < 1.29 is 31.5 Å². The molecule has 138 valence electrons. The van der Waals surface area contributed by atoms with Crippen LogP contribution in [0.1, 0.15) is 20.7 Å². The monoisotopic (exact) mass is 383 g/mol. The Balaban J connectivity index is 2.11. The number of Topliss-reactive ketones (excluding diaryl/α,β-unsaturated/α-hetero) is 1. The van der Waals surface area contributed by atoms with Crippen molar-refractivity contribution in [3.8, 4) is 0 Å². The van der Waals surface area contributed by atoms with Gasteiger partial charge < -0.3 is 4.74 Å². The van der Waals surface area contributed by atoms with Gasteiger partial charge in [-0.25, -0.2) is 26.3 Å². The highest BCUT2D eigenvalue weighted by atomic mass is 32.2. The number of carbonyl (C=O) groups is 2. The Kier molecular flexibility index (Phi) is 5.83. The van der Waals surface area contributed by atoms with Crippen LogP contribution in [0.2, 0.25) is 0 Å². The molecule has 2 aromatic carbocycles. The van der Waals surface area contributed by atoms with E-state index in [1.807, 2.05) is 0 Å². The number of nitrogens with zero attached hydrogens (tertiary/aromatic N) is 1. The van der Waals surface area contributed by atoms with Gasteiger partial charge >= 0.3 is 5.97 Å². The number of ketones is 1. The largest absolute Gasteiger partial charge is 0.454 e. The highest BCUT2D eigenvalue weighted by molar-refractivity contribution is 7.89. The van der Waals surface area contributed by atoms with Crippen LogP contribution < -0.4 is 0 Å². The molecule has 6 nitrogen and oxygen atoms in total. The van der Waals surface area contributed by atoms with Crippen molar-refractivity contribution in [1.29, 1.82) is 0 Å². The first-order valence-electron chi connectivity index (χ1n) is 7.31. The molecule has 2 rings (SSSR count). The van der Waals surface area contributed by atoms with Crippen molar-refractivity contribution in [1.82, 2.24) is 4.31 Å². The van der Waals surface area contributed by atoms with Crippen molar-refractivity contribution in [2.24, 2.45) is 0 Å². The molecule has 0 N–H and O–H groups in total. The number of benzene rings is 2. The van der Waals surface area contributed by atoms with E-state index in [1.54, 1.807) is 0 Å². The van der Waals surface area contributed by atoms with Gasteiger partial charge in [-0.2, -0.15) is 0 Å². The molecule has 0 saturated heterocycles. The minimum Gasteiger partial charge on any atom is -0.454 e. The summed E-state index contributed by atoms with van der Waals surface area (Å²) in [5, 5.41) is 0. The summed E-state index contributed by atoms with van der Waals surface area (Å²) in [5.74, 6) is -3.94. The molecular formula is C17H15F2NO5S. The minimum atomic E-state index is -3.73. The smallest absolute Gasteiger partial charge is 0.338 e.